The van der Waals surface area contributed by atoms with Gasteiger partial charge in [0, 0.05) is 6.20 Å². The van der Waals surface area contributed by atoms with Gasteiger partial charge in [0.05, 0.1) is 34.6 Å². The number of thioether (sulfide) groups is 1. The van der Waals surface area contributed by atoms with Crippen LogP contribution in [-0.4, -0.2) is 34.7 Å². The molecule has 0 spiro atoms. The molecule has 1 aromatic heterocycles. The summed E-state index contributed by atoms with van der Waals surface area (Å²) in [5.74, 6) is 0. The van der Waals surface area contributed by atoms with Crippen LogP contribution in [0.5, 0.6) is 0 Å². The molecule has 2 rings (SSSR count). The lowest BCUT2D eigenvalue weighted by molar-refractivity contribution is 0.127. The lowest BCUT2D eigenvalue weighted by Crippen LogP contribution is -2.19. The Morgan fingerprint density at radius 2 is 2.36 bits per heavy atom. The number of nitrogens with zero attached hydrogens (tertiary/aromatic N) is 1. The van der Waals surface area contributed by atoms with Gasteiger partial charge < -0.3 is 9.84 Å². The monoisotopic (exact) mass is 231 g/mol. The van der Waals surface area contributed by atoms with Crippen molar-refractivity contribution in [3.8, 4) is 0 Å². The SMILES string of the molecule is OC1COCC1Sc1ccc(Cl)cn1. The van der Waals surface area contributed by atoms with Crippen LogP contribution in [0.1, 0.15) is 0 Å². The Morgan fingerprint density at radius 3 is 2.93 bits per heavy atom. The number of halogens is 1. The minimum atomic E-state index is -0.391. The normalized spacial score (nSPS) is 26.7. The minimum absolute atomic E-state index is 0.0867. The van der Waals surface area contributed by atoms with E-state index >= 15 is 0 Å². The number of ether oxygens (including phenoxy) is 1. The van der Waals surface area contributed by atoms with Crippen LogP contribution >= 0.6 is 23.4 Å². The third-order valence-electron chi connectivity index (χ3n) is 1.97. The van der Waals surface area contributed by atoms with E-state index < -0.39 is 6.10 Å². The molecule has 1 saturated heterocycles. The van der Waals surface area contributed by atoms with E-state index in [4.69, 9.17) is 16.3 Å². The fourth-order valence-electron chi connectivity index (χ4n) is 1.22. The highest BCUT2D eigenvalue weighted by Crippen LogP contribution is 2.27. The van der Waals surface area contributed by atoms with Gasteiger partial charge in [0.25, 0.3) is 0 Å². The Morgan fingerprint density at radius 1 is 1.50 bits per heavy atom. The molecular weight excluding hydrogens is 222 g/mol. The van der Waals surface area contributed by atoms with E-state index in [1.54, 1.807) is 12.3 Å². The molecule has 0 radical (unpaired) electrons. The van der Waals surface area contributed by atoms with Crippen LogP contribution < -0.4 is 0 Å². The molecule has 3 nitrogen and oxygen atoms in total. The Hall–Kier alpha value is -0.290. The van der Waals surface area contributed by atoms with E-state index in [2.05, 4.69) is 4.98 Å². The lowest BCUT2D eigenvalue weighted by atomic mass is 10.3. The van der Waals surface area contributed by atoms with E-state index in [-0.39, 0.29) is 5.25 Å². The van der Waals surface area contributed by atoms with Crippen LogP contribution in [0, 0.1) is 0 Å². The molecule has 1 aromatic rings. The first kappa shape index (κ1) is 10.2. The summed E-state index contributed by atoms with van der Waals surface area (Å²) >= 11 is 7.23. The van der Waals surface area contributed by atoms with Crippen LogP contribution in [0.4, 0.5) is 0 Å². The van der Waals surface area contributed by atoms with Crippen LogP contribution in [-0.2, 0) is 4.74 Å². The Kier molecular flexibility index (Phi) is 3.28. The van der Waals surface area contributed by atoms with Crippen molar-refractivity contribution in [1.82, 2.24) is 4.98 Å². The Labute approximate surface area is 91.4 Å². The van der Waals surface area contributed by atoms with Crippen molar-refractivity contribution < 1.29 is 9.84 Å². The van der Waals surface area contributed by atoms with Gasteiger partial charge in [-0.25, -0.2) is 4.98 Å². The molecule has 2 atom stereocenters. The summed E-state index contributed by atoms with van der Waals surface area (Å²) in [5, 5.41) is 11.1. The molecule has 1 fully saturated rings. The van der Waals surface area contributed by atoms with Crippen LogP contribution in [0.3, 0.4) is 0 Å². The minimum Gasteiger partial charge on any atom is -0.389 e. The molecule has 1 N–H and O–H groups in total. The summed E-state index contributed by atoms with van der Waals surface area (Å²) in [6.07, 6.45) is 1.21. The third kappa shape index (κ3) is 2.39. The molecule has 0 saturated carbocycles. The number of rotatable bonds is 2. The van der Waals surface area contributed by atoms with Crippen LogP contribution in [0.15, 0.2) is 23.4 Å². The third-order valence-corrected chi connectivity index (χ3v) is 3.43. The van der Waals surface area contributed by atoms with Crippen molar-refractivity contribution in [3.63, 3.8) is 0 Å². The van der Waals surface area contributed by atoms with E-state index in [0.29, 0.717) is 18.2 Å². The first-order chi connectivity index (χ1) is 6.75. The molecule has 76 valence electrons. The van der Waals surface area contributed by atoms with Crippen LogP contribution in [0.2, 0.25) is 5.02 Å². The summed E-state index contributed by atoms with van der Waals surface area (Å²) in [5.41, 5.74) is 0. The van der Waals surface area contributed by atoms with E-state index in [1.165, 1.54) is 11.8 Å². The molecule has 1 aliphatic heterocycles. The molecule has 0 aromatic carbocycles. The van der Waals surface area contributed by atoms with Crippen molar-refractivity contribution in [2.24, 2.45) is 0 Å². The average Bonchev–Trinajstić information content (AvgIpc) is 2.56. The number of hydrogen-bond donors (Lipinski definition) is 1. The van der Waals surface area contributed by atoms with Gasteiger partial charge in [0.1, 0.15) is 0 Å². The van der Waals surface area contributed by atoms with Gasteiger partial charge in [-0.15, -0.1) is 0 Å². The number of aromatic nitrogens is 1. The number of aliphatic hydroxyl groups excluding tert-OH is 1. The molecule has 0 amide bonds. The van der Waals surface area contributed by atoms with E-state index in [0.717, 1.165) is 5.03 Å². The van der Waals surface area contributed by atoms with Crippen molar-refractivity contribution >= 4 is 23.4 Å². The van der Waals surface area contributed by atoms with Gasteiger partial charge >= 0.3 is 0 Å². The van der Waals surface area contributed by atoms with E-state index in [1.807, 2.05) is 6.07 Å². The molecular formula is C9H10ClNO2S. The maximum Gasteiger partial charge on any atom is 0.0965 e. The first-order valence-corrected chi connectivity index (χ1v) is 5.55. The maximum atomic E-state index is 9.51. The van der Waals surface area contributed by atoms with Crippen molar-refractivity contribution in [3.05, 3.63) is 23.4 Å². The number of hydrogen-bond acceptors (Lipinski definition) is 4. The highest BCUT2D eigenvalue weighted by molar-refractivity contribution is 8.00. The van der Waals surface area contributed by atoms with Crippen molar-refractivity contribution in [2.75, 3.05) is 13.2 Å². The van der Waals surface area contributed by atoms with Gasteiger partial charge in [-0.2, -0.15) is 0 Å². The molecule has 0 aliphatic carbocycles. The summed E-state index contributed by atoms with van der Waals surface area (Å²) in [6.45, 7) is 1.00. The predicted molar refractivity (Wildman–Crippen MR) is 55.7 cm³/mol. The van der Waals surface area contributed by atoms with Gasteiger partial charge in [0.2, 0.25) is 0 Å². The predicted octanol–water partition coefficient (Wildman–Crippen LogP) is 1.59. The zero-order chi connectivity index (χ0) is 9.97. The average molecular weight is 232 g/mol. The van der Waals surface area contributed by atoms with Crippen molar-refractivity contribution in [2.45, 2.75) is 16.4 Å². The van der Waals surface area contributed by atoms with Crippen LogP contribution in [0.25, 0.3) is 0 Å². The fourth-order valence-corrected chi connectivity index (χ4v) is 2.31. The molecule has 1 aliphatic rings. The fraction of sp³-hybridized carbons (Fsp3) is 0.444. The molecule has 0 bridgehead atoms. The second-order valence-corrected chi connectivity index (χ2v) is 4.77. The Balaban J connectivity index is 2.00. The molecule has 14 heavy (non-hydrogen) atoms. The maximum absolute atomic E-state index is 9.51. The highest BCUT2D eigenvalue weighted by Gasteiger charge is 2.27. The first-order valence-electron chi connectivity index (χ1n) is 4.30. The number of aliphatic hydroxyl groups is 1. The highest BCUT2D eigenvalue weighted by atomic mass is 35.5. The topological polar surface area (TPSA) is 42.4 Å². The number of pyridine rings is 1. The van der Waals surface area contributed by atoms with Crippen molar-refractivity contribution in [1.29, 1.82) is 0 Å². The van der Waals surface area contributed by atoms with Gasteiger partial charge in [-0.3, -0.25) is 0 Å². The van der Waals surface area contributed by atoms with Gasteiger partial charge in [-0.1, -0.05) is 23.4 Å². The zero-order valence-corrected chi connectivity index (χ0v) is 8.96. The summed E-state index contributed by atoms with van der Waals surface area (Å²) in [6, 6.07) is 3.64. The second-order valence-electron chi connectivity index (χ2n) is 3.08. The van der Waals surface area contributed by atoms with Gasteiger partial charge in [0.15, 0.2) is 0 Å². The standard InChI is InChI=1S/C9H10ClNO2S/c10-6-1-2-9(11-3-6)14-8-5-13-4-7(8)12/h1-3,7-8,12H,4-5H2. The summed E-state index contributed by atoms with van der Waals surface area (Å²) in [7, 11) is 0. The molecule has 5 heteroatoms. The Bertz CT molecular complexity index is 306. The summed E-state index contributed by atoms with van der Waals surface area (Å²) < 4.78 is 5.14. The van der Waals surface area contributed by atoms with Gasteiger partial charge in [-0.05, 0) is 12.1 Å². The summed E-state index contributed by atoms with van der Waals surface area (Å²) in [4.78, 5) is 4.14. The molecule has 2 unspecified atom stereocenters. The quantitative estimate of drug-likeness (QED) is 0.840. The lowest BCUT2D eigenvalue weighted by Gasteiger charge is -2.10. The van der Waals surface area contributed by atoms with E-state index in [9.17, 15) is 5.11 Å². The second kappa shape index (κ2) is 4.49. The smallest absolute Gasteiger partial charge is 0.0965 e. The largest absolute Gasteiger partial charge is 0.389 e. The molecule has 2 heterocycles. The zero-order valence-electron chi connectivity index (χ0n) is 7.39.